The van der Waals surface area contributed by atoms with Crippen LogP contribution >= 0.6 is 0 Å². The monoisotopic (exact) mass is 250 g/mol. The predicted octanol–water partition coefficient (Wildman–Crippen LogP) is 0.931. The molecule has 1 aromatic carbocycles. The maximum absolute atomic E-state index is 12.0. The number of benzene rings is 1. The highest BCUT2D eigenvalue weighted by Gasteiger charge is 2.22. The van der Waals surface area contributed by atoms with Gasteiger partial charge in [-0.1, -0.05) is 6.07 Å². The fourth-order valence-corrected chi connectivity index (χ4v) is 1.87. The van der Waals surface area contributed by atoms with E-state index in [-0.39, 0.29) is 5.91 Å². The number of carbonyl (C=O) groups is 1. The molecule has 1 aliphatic heterocycles. The summed E-state index contributed by atoms with van der Waals surface area (Å²) >= 11 is 0. The van der Waals surface area contributed by atoms with Gasteiger partial charge < -0.3 is 20.1 Å². The Morgan fingerprint density at radius 1 is 1.56 bits per heavy atom. The molecule has 1 aliphatic rings. The summed E-state index contributed by atoms with van der Waals surface area (Å²) in [7, 11) is 1.58. The van der Waals surface area contributed by atoms with Gasteiger partial charge in [-0.25, -0.2) is 0 Å². The van der Waals surface area contributed by atoms with Crippen molar-refractivity contribution in [3.05, 3.63) is 23.8 Å². The first kappa shape index (κ1) is 12.9. The summed E-state index contributed by atoms with van der Waals surface area (Å²) in [6.07, 6.45) is -0.441. The number of ether oxygens (including phenoxy) is 2. The maximum Gasteiger partial charge on any atom is 0.254 e. The summed E-state index contributed by atoms with van der Waals surface area (Å²) in [5, 5.41) is 5.97. The summed E-state index contributed by atoms with van der Waals surface area (Å²) in [5.74, 6) is 0.504. The molecule has 2 rings (SSSR count). The fraction of sp³-hybridized carbons (Fsp3) is 0.462. The molecular formula is C13H18N2O3. The predicted molar refractivity (Wildman–Crippen MR) is 69.0 cm³/mol. The Morgan fingerprint density at radius 2 is 2.39 bits per heavy atom. The fourth-order valence-electron chi connectivity index (χ4n) is 1.87. The van der Waals surface area contributed by atoms with Gasteiger partial charge in [-0.3, -0.25) is 4.79 Å². The van der Waals surface area contributed by atoms with Crippen molar-refractivity contribution in [1.82, 2.24) is 5.32 Å². The smallest absolute Gasteiger partial charge is 0.254 e. The van der Waals surface area contributed by atoms with Crippen molar-refractivity contribution < 1.29 is 14.3 Å². The highest BCUT2D eigenvalue weighted by molar-refractivity contribution is 5.95. The van der Waals surface area contributed by atoms with E-state index >= 15 is 0 Å². The third kappa shape index (κ3) is 3.00. The molecule has 0 aromatic heterocycles. The van der Waals surface area contributed by atoms with Gasteiger partial charge in [0.05, 0.1) is 19.4 Å². The Morgan fingerprint density at radius 3 is 3.06 bits per heavy atom. The molecule has 2 N–H and O–H groups in total. The minimum atomic E-state index is -0.441. The Kier molecular flexibility index (Phi) is 4.17. The third-order valence-corrected chi connectivity index (χ3v) is 2.83. The summed E-state index contributed by atoms with van der Waals surface area (Å²) in [6.45, 7) is 3.86. The van der Waals surface area contributed by atoms with Crippen LogP contribution in [0.15, 0.2) is 18.2 Å². The molecule has 0 spiro atoms. The van der Waals surface area contributed by atoms with Gasteiger partial charge in [0.2, 0.25) is 0 Å². The number of aryl methyl sites for hydroxylation is 1. The van der Waals surface area contributed by atoms with E-state index in [9.17, 15) is 4.79 Å². The molecule has 1 unspecified atom stereocenters. The number of methoxy groups -OCH3 is 1. The lowest BCUT2D eigenvalue weighted by molar-refractivity contribution is -0.128. The largest absolute Gasteiger partial charge is 0.495 e. The van der Waals surface area contributed by atoms with E-state index in [1.54, 1.807) is 7.11 Å². The van der Waals surface area contributed by atoms with Gasteiger partial charge in [-0.2, -0.15) is 0 Å². The van der Waals surface area contributed by atoms with Gasteiger partial charge in [-0.15, -0.1) is 0 Å². The normalized spacial score (nSPS) is 19.3. The van der Waals surface area contributed by atoms with Gasteiger partial charge in [-0.05, 0) is 24.6 Å². The summed E-state index contributed by atoms with van der Waals surface area (Å²) in [4.78, 5) is 12.0. The first-order valence-corrected chi connectivity index (χ1v) is 5.98. The molecule has 0 bridgehead atoms. The van der Waals surface area contributed by atoms with Crippen LogP contribution in [0.1, 0.15) is 5.56 Å². The standard InChI is InChI=1S/C13H18N2O3/c1-9-3-4-11(17-2)10(7-9)15-13(16)12-8-14-5-6-18-12/h3-4,7,12,14H,5-6,8H2,1-2H3,(H,15,16). The van der Waals surface area contributed by atoms with Crippen molar-refractivity contribution in [3.63, 3.8) is 0 Å². The lowest BCUT2D eigenvalue weighted by Crippen LogP contribution is -2.45. The molecule has 1 amide bonds. The molecule has 98 valence electrons. The quantitative estimate of drug-likeness (QED) is 0.838. The molecule has 18 heavy (non-hydrogen) atoms. The molecule has 5 nitrogen and oxygen atoms in total. The van der Waals surface area contributed by atoms with Crippen LogP contribution in [0.4, 0.5) is 5.69 Å². The zero-order valence-corrected chi connectivity index (χ0v) is 10.7. The van der Waals surface area contributed by atoms with Crippen LogP contribution in [0.2, 0.25) is 0 Å². The molecule has 1 fully saturated rings. The first-order chi connectivity index (χ1) is 8.70. The molecule has 1 heterocycles. The van der Waals surface area contributed by atoms with Crippen LogP contribution in [-0.4, -0.2) is 38.8 Å². The van der Waals surface area contributed by atoms with Crippen molar-refractivity contribution >= 4 is 11.6 Å². The second-order valence-electron chi connectivity index (χ2n) is 4.26. The second-order valence-corrected chi connectivity index (χ2v) is 4.26. The van der Waals surface area contributed by atoms with Crippen molar-refractivity contribution in [3.8, 4) is 5.75 Å². The van der Waals surface area contributed by atoms with Gasteiger partial charge in [0.1, 0.15) is 11.9 Å². The summed E-state index contributed by atoms with van der Waals surface area (Å²) in [6, 6.07) is 5.66. The van der Waals surface area contributed by atoms with Crippen LogP contribution in [-0.2, 0) is 9.53 Å². The number of morpholine rings is 1. The Labute approximate surface area is 106 Å². The SMILES string of the molecule is COc1ccc(C)cc1NC(=O)C1CNCCO1. The van der Waals surface area contributed by atoms with E-state index in [4.69, 9.17) is 9.47 Å². The van der Waals surface area contributed by atoms with E-state index in [1.165, 1.54) is 0 Å². The van der Waals surface area contributed by atoms with Crippen molar-refractivity contribution in [2.75, 3.05) is 32.1 Å². The summed E-state index contributed by atoms with van der Waals surface area (Å²) < 4.78 is 10.6. The summed E-state index contributed by atoms with van der Waals surface area (Å²) in [5.41, 5.74) is 1.74. The van der Waals surface area contributed by atoms with Gasteiger partial charge in [0.25, 0.3) is 5.91 Å². The molecule has 0 saturated carbocycles. The average molecular weight is 250 g/mol. The topological polar surface area (TPSA) is 59.6 Å². The van der Waals surface area contributed by atoms with Crippen LogP contribution in [0.25, 0.3) is 0 Å². The molecule has 5 heteroatoms. The zero-order chi connectivity index (χ0) is 13.0. The van der Waals surface area contributed by atoms with Gasteiger partial charge >= 0.3 is 0 Å². The molecule has 1 aromatic rings. The number of nitrogens with one attached hydrogen (secondary N) is 2. The number of hydrogen-bond acceptors (Lipinski definition) is 4. The molecule has 0 aliphatic carbocycles. The average Bonchev–Trinajstić information content (AvgIpc) is 2.40. The lowest BCUT2D eigenvalue weighted by Gasteiger charge is -2.23. The van der Waals surface area contributed by atoms with E-state index < -0.39 is 6.10 Å². The molecular weight excluding hydrogens is 232 g/mol. The number of amides is 1. The first-order valence-electron chi connectivity index (χ1n) is 5.98. The second kappa shape index (κ2) is 5.84. The minimum absolute atomic E-state index is 0.147. The van der Waals surface area contributed by atoms with Crippen LogP contribution in [0.5, 0.6) is 5.75 Å². The Hall–Kier alpha value is -1.59. The van der Waals surface area contributed by atoms with E-state index in [2.05, 4.69) is 10.6 Å². The number of anilines is 1. The number of carbonyl (C=O) groups excluding carboxylic acids is 1. The minimum Gasteiger partial charge on any atom is -0.495 e. The molecule has 1 saturated heterocycles. The third-order valence-electron chi connectivity index (χ3n) is 2.83. The van der Waals surface area contributed by atoms with Gasteiger partial charge in [0.15, 0.2) is 0 Å². The molecule has 1 atom stereocenters. The highest BCUT2D eigenvalue weighted by atomic mass is 16.5. The van der Waals surface area contributed by atoms with Crippen molar-refractivity contribution in [2.45, 2.75) is 13.0 Å². The van der Waals surface area contributed by atoms with Crippen LogP contribution in [0, 0.1) is 6.92 Å². The van der Waals surface area contributed by atoms with E-state index in [0.717, 1.165) is 12.1 Å². The zero-order valence-electron chi connectivity index (χ0n) is 10.7. The highest BCUT2D eigenvalue weighted by Crippen LogP contribution is 2.25. The lowest BCUT2D eigenvalue weighted by atomic mass is 10.2. The van der Waals surface area contributed by atoms with Crippen molar-refractivity contribution in [2.24, 2.45) is 0 Å². The Balaban J connectivity index is 2.07. The Bertz CT molecular complexity index is 428. The van der Waals surface area contributed by atoms with E-state index in [1.807, 2.05) is 25.1 Å². The van der Waals surface area contributed by atoms with E-state index in [0.29, 0.717) is 24.6 Å². The van der Waals surface area contributed by atoms with Crippen LogP contribution < -0.4 is 15.4 Å². The molecule has 0 radical (unpaired) electrons. The maximum atomic E-state index is 12.0. The van der Waals surface area contributed by atoms with Crippen LogP contribution in [0.3, 0.4) is 0 Å². The van der Waals surface area contributed by atoms with Crippen molar-refractivity contribution in [1.29, 1.82) is 0 Å². The number of hydrogen-bond donors (Lipinski definition) is 2. The number of rotatable bonds is 3. The van der Waals surface area contributed by atoms with Gasteiger partial charge in [0, 0.05) is 13.1 Å².